The highest BCUT2D eigenvalue weighted by atomic mass is 32.2. The van der Waals surface area contributed by atoms with Crippen molar-refractivity contribution in [3.8, 4) is 0 Å². The van der Waals surface area contributed by atoms with Crippen molar-refractivity contribution in [1.82, 2.24) is 14.9 Å². The fraction of sp³-hybridized carbons (Fsp3) is 0.250. The van der Waals surface area contributed by atoms with Gasteiger partial charge >= 0.3 is 0 Å². The number of anilines is 2. The van der Waals surface area contributed by atoms with Gasteiger partial charge in [0.2, 0.25) is 9.47 Å². The fourth-order valence-corrected chi connectivity index (χ4v) is 4.73. The van der Waals surface area contributed by atoms with E-state index in [9.17, 15) is 13.2 Å². The van der Waals surface area contributed by atoms with E-state index >= 15 is 0 Å². The molecule has 2 aromatic carbocycles. The molecule has 0 aliphatic heterocycles. The highest BCUT2D eigenvalue weighted by molar-refractivity contribution is 7.91. The molecule has 3 rings (SSSR count). The van der Waals surface area contributed by atoms with Gasteiger partial charge in [0, 0.05) is 30.9 Å². The standard InChI is InChI=1S/C20H23N5O3S2/c1-3-25(4-2)17-12-10-15(11-13-17)14-21-30(27,28)20-24-23-19(29-20)22-18(26)16-8-6-5-7-9-16/h5-13,21H,3-4,14H2,1-2H3,(H,22,23,26). The van der Waals surface area contributed by atoms with Crippen LogP contribution in [0.25, 0.3) is 0 Å². The second-order valence-electron chi connectivity index (χ2n) is 6.36. The van der Waals surface area contributed by atoms with E-state index in [0.717, 1.165) is 35.7 Å². The molecular formula is C20H23N5O3S2. The van der Waals surface area contributed by atoms with Crippen LogP contribution in [0.1, 0.15) is 29.8 Å². The number of rotatable bonds is 9. The summed E-state index contributed by atoms with van der Waals surface area (Å²) in [7, 11) is -3.84. The van der Waals surface area contributed by atoms with Crippen LogP contribution >= 0.6 is 11.3 Å². The molecule has 0 fully saturated rings. The maximum absolute atomic E-state index is 12.5. The number of benzene rings is 2. The van der Waals surface area contributed by atoms with Gasteiger partial charge < -0.3 is 4.90 Å². The summed E-state index contributed by atoms with van der Waals surface area (Å²) >= 11 is 0.799. The Morgan fingerprint density at radius 2 is 1.67 bits per heavy atom. The lowest BCUT2D eigenvalue weighted by atomic mass is 10.2. The summed E-state index contributed by atoms with van der Waals surface area (Å²) in [4.78, 5) is 14.4. The molecule has 10 heteroatoms. The third-order valence-electron chi connectivity index (χ3n) is 4.42. The molecule has 3 aromatic rings. The van der Waals surface area contributed by atoms with Gasteiger partial charge in [0.05, 0.1) is 0 Å². The Hall–Kier alpha value is -2.82. The molecular weight excluding hydrogens is 422 g/mol. The Balaban J connectivity index is 1.62. The van der Waals surface area contributed by atoms with Gasteiger partial charge in [-0.15, -0.1) is 10.2 Å². The molecule has 0 saturated heterocycles. The van der Waals surface area contributed by atoms with Crippen LogP contribution in [0, 0.1) is 0 Å². The molecule has 0 radical (unpaired) electrons. The first-order valence-electron chi connectivity index (χ1n) is 9.46. The molecule has 1 amide bonds. The Bertz CT molecular complexity index is 1080. The van der Waals surface area contributed by atoms with Crippen molar-refractivity contribution >= 4 is 38.1 Å². The average Bonchev–Trinajstić information content (AvgIpc) is 3.24. The van der Waals surface area contributed by atoms with Gasteiger partial charge in [-0.05, 0) is 43.7 Å². The van der Waals surface area contributed by atoms with Crippen LogP contribution in [-0.2, 0) is 16.6 Å². The van der Waals surface area contributed by atoms with E-state index in [1.165, 1.54) is 0 Å². The number of carbonyl (C=O) groups excluding carboxylic acids is 1. The van der Waals surface area contributed by atoms with Crippen LogP contribution in [0.2, 0.25) is 0 Å². The van der Waals surface area contributed by atoms with Gasteiger partial charge in [-0.25, -0.2) is 13.1 Å². The molecule has 158 valence electrons. The third kappa shape index (κ3) is 5.41. The molecule has 0 unspecified atom stereocenters. The molecule has 1 heterocycles. The van der Waals surface area contributed by atoms with Gasteiger partial charge in [-0.2, -0.15) is 0 Å². The van der Waals surface area contributed by atoms with Crippen molar-refractivity contribution in [2.75, 3.05) is 23.3 Å². The highest BCUT2D eigenvalue weighted by Crippen LogP contribution is 2.21. The molecule has 0 aliphatic carbocycles. The van der Waals surface area contributed by atoms with Crippen molar-refractivity contribution < 1.29 is 13.2 Å². The molecule has 0 atom stereocenters. The van der Waals surface area contributed by atoms with Crippen LogP contribution in [0.4, 0.5) is 10.8 Å². The lowest BCUT2D eigenvalue weighted by Crippen LogP contribution is -2.23. The summed E-state index contributed by atoms with van der Waals surface area (Å²) in [6.45, 7) is 6.12. The number of carbonyl (C=O) groups is 1. The van der Waals surface area contributed by atoms with Crippen LogP contribution in [0.3, 0.4) is 0 Å². The molecule has 0 bridgehead atoms. The molecule has 0 aliphatic rings. The van der Waals surface area contributed by atoms with Crippen molar-refractivity contribution in [2.24, 2.45) is 0 Å². The van der Waals surface area contributed by atoms with Crippen molar-refractivity contribution in [2.45, 2.75) is 24.7 Å². The Kier molecular flexibility index (Phi) is 7.14. The summed E-state index contributed by atoms with van der Waals surface area (Å²) in [6, 6.07) is 16.3. The summed E-state index contributed by atoms with van der Waals surface area (Å²) in [5, 5.41) is 10.1. The Morgan fingerprint density at radius 3 is 2.30 bits per heavy atom. The number of hydrogen-bond donors (Lipinski definition) is 2. The molecule has 0 spiro atoms. The second-order valence-corrected chi connectivity index (χ2v) is 9.27. The largest absolute Gasteiger partial charge is 0.372 e. The van der Waals surface area contributed by atoms with Crippen LogP contribution in [0.15, 0.2) is 58.9 Å². The maximum atomic E-state index is 12.5. The van der Waals surface area contributed by atoms with Crippen LogP contribution in [0.5, 0.6) is 0 Å². The minimum atomic E-state index is -3.84. The number of aromatic nitrogens is 2. The van der Waals surface area contributed by atoms with Gasteiger partial charge in [-0.1, -0.05) is 41.7 Å². The van der Waals surface area contributed by atoms with Crippen molar-refractivity contribution in [3.63, 3.8) is 0 Å². The SMILES string of the molecule is CCN(CC)c1ccc(CNS(=O)(=O)c2nnc(NC(=O)c3ccccc3)s2)cc1. The highest BCUT2D eigenvalue weighted by Gasteiger charge is 2.21. The van der Waals surface area contributed by atoms with E-state index in [0.29, 0.717) is 5.56 Å². The third-order valence-corrected chi connectivity index (χ3v) is 7.03. The predicted octanol–water partition coefficient (Wildman–Crippen LogP) is 3.12. The first-order chi connectivity index (χ1) is 14.4. The molecule has 1 aromatic heterocycles. The summed E-state index contributed by atoms with van der Waals surface area (Å²) in [5.74, 6) is -0.378. The number of hydrogen-bond acceptors (Lipinski definition) is 7. The maximum Gasteiger partial charge on any atom is 0.270 e. The average molecular weight is 446 g/mol. The van der Waals surface area contributed by atoms with Crippen LogP contribution in [-0.4, -0.2) is 37.6 Å². The molecule has 30 heavy (non-hydrogen) atoms. The quantitative estimate of drug-likeness (QED) is 0.491. The van der Waals surface area contributed by atoms with E-state index in [1.807, 2.05) is 24.3 Å². The first-order valence-corrected chi connectivity index (χ1v) is 11.8. The molecule has 8 nitrogen and oxygen atoms in total. The van der Waals surface area contributed by atoms with E-state index in [4.69, 9.17) is 0 Å². The zero-order chi connectivity index (χ0) is 21.6. The van der Waals surface area contributed by atoms with E-state index in [1.54, 1.807) is 30.3 Å². The van der Waals surface area contributed by atoms with E-state index < -0.39 is 10.0 Å². The Morgan fingerprint density at radius 1 is 1.00 bits per heavy atom. The normalized spacial score (nSPS) is 11.3. The first kappa shape index (κ1) is 21.9. The zero-order valence-corrected chi connectivity index (χ0v) is 18.3. The summed E-state index contributed by atoms with van der Waals surface area (Å²) in [6.07, 6.45) is 0. The molecule has 2 N–H and O–H groups in total. The van der Waals surface area contributed by atoms with E-state index in [2.05, 4.69) is 39.0 Å². The van der Waals surface area contributed by atoms with Gasteiger partial charge in [0.15, 0.2) is 0 Å². The number of nitrogens with one attached hydrogen (secondary N) is 2. The topological polar surface area (TPSA) is 104 Å². The van der Waals surface area contributed by atoms with Crippen molar-refractivity contribution in [1.29, 1.82) is 0 Å². The van der Waals surface area contributed by atoms with E-state index in [-0.39, 0.29) is 21.9 Å². The molecule has 0 saturated carbocycles. The number of amides is 1. The zero-order valence-electron chi connectivity index (χ0n) is 16.7. The number of sulfonamides is 1. The smallest absolute Gasteiger partial charge is 0.270 e. The minimum Gasteiger partial charge on any atom is -0.372 e. The second kappa shape index (κ2) is 9.79. The minimum absolute atomic E-state index is 0.118. The number of nitrogens with zero attached hydrogens (tertiary/aromatic N) is 3. The lowest BCUT2D eigenvalue weighted by Gasteiger charge is -2.21. The van der Waals surface area contributed by atoms with Gasteiger partial charge in [0.25, 0.3) is 15.9 Å². The fourth-order valence-electron chi connectivity index (χ4n) is 2.78. The van der Waals surface area contributed by atoms with Crippen LogP contribution < -0.4 is 14.9 Å². The van der Waals surface area contributed by atoms with Crippen molar-refractivity contribution in [3.05, 3.63) is 65.7 Å². The summed E-state index contributed by atoms with van der Waals surface area (Å²) < 4.78 is 27.4. The lowest BCUT2D eigenvalue weighted by molar-refractivity contribution is 0.102. The Labute approximate surface area is 180 Å². The van der Waals surface area contributed by atoms with Gasteiger partial charge in [-0.3, -0.25) is 10.1 Å². The van der Waals surface area contributed by atoms with Gasteiger partial charge in [0.1, 0.15) is 0 Å². The predicted molar refractivity (Wildman–Crippen MR) is 118 cm³/mol. The monoisotopic (exact) mass is 445 g/mol. The summed E-state index contributed by atoms with van der Waals surface area (Å²) in [5.41, 5.74) is 2.37.